The molecule has 0 bridgehead atoms. The van der Waals surface area contributed by atoms with Crippen LogP contribution in [0, 0.1) is 34.3 Å². The minimum Gasteiger partial charge on any atom is -0.478 e. The van der Waals surface area contributed by atoms with Crippen molar-refractivity contribution < 1.29 is 41.8 Å². The third-order valence-electron chi connectivity index (χ3n) is 11.6. The number of hydrogen-bond donors (Lipinski definition) is 1. The van der Waals surface area contributed by atoms with E-state index in [2.05, 4.69) is 18.9 Å². The van der Waals surface area contributed by atoms with Gasteiger partial charge in [-0.25, -0.2) is 22.4 Å². The van der Waals surface area contributed by atoms with Gasteiger partial charge in [0.25, 0.3) is 5.91 Å². The number of ether oxygens (including phenoxy) is 1. The first-order valence-electron chi connectivity index (χ1n) is 17.5. The Bertz CT molecular complexity index is 1830. The molecule has 3 aromatic rings. The van der Waals surface area contributed by atoms with Crippen LogP contribution in [0.3, 0.4) is 0 Å². The Morgan fingerprint density at radius 3 is 2.29 bits per heavy atom. The first-order chi connectivity index (χ1) is 24.1. The molecule has 7 rings (SSSR count). The summed E-state index contributed by atoms with van der Waals surface area (Å²) in [7, 11) is 0. The molecule has 2 saturated heterocycles. The maximum Gasteiger partial charge on any atom is 0.336 e. The molecule has 0 radical (unpaired) electrons. The molecule has 4 fully saturated rings. The van der Waals surface area contributed by atoms with Crippen molar-refractivity contribution in [1.82, 2.24) is 19.6 Å². The van der Waals surface area contributed by atoms with Crippen LogP contribution in [0.5, 0.6) is 0 Å². The second-order valence-electron chi connectivity index (χ2n) is 15.7. The number of likely N-dealkylation sites (tertiary alicyclic amines) is 2. The summed E-state index contributed by atoms with van der Waals surface area (Å²) in [6.45, 7) is 5.79. The number of carbonyl (C=O) groups is 3. The monoisotopic (exact) mass is 710 g/mol. The Morgan fingerprint density at radius 2 is 1.65 bits per heavy atom. The van der Waals surface area contributed by atoms with Crippen LogP contribution < -0.4 is 0 Å². The molecule has 2 amide bonds. The molecular weight excluding hydrogens is 668 g/mol. The van der Waals surface area contributed by atoms with Gasteiger partial charge < -0.3 is 19.6 Å². The van der Waals surface area contributed by atoms with Crippen LogP contribution in [-0.4, -0.2) is 81.2 Å². The summed E-state index contributed by atoms with van der Waals surface area (Å²) in [5.74, 6) is -6.05. The predicted octanol–water partition coefficient (Wildman–Crippen LogP) is 6.36. The van der Waals surface area contributed by atoms with Gasteiger partial charge in [0.1, 0.15) is 11.6 Å². The maximum absolute atomic E-state index is 15.2. The van der Waals surface area contributed by atoms with E-state index >= 15 is 4.39 Å². The van der Waals surface area contributed by atoms with Crippen LogP contribution in [0.2, 0.25) is 0 Å². The van der Waals surface area contributed by atoms with Crippen LogP contribution in [0.4, 0.5) is 17.6 Å². The minimum atomic E-state index is -2.79. The number of rotatable bonds is 10. The number of amides is 2. The first-order valence-corrected chi connectivity index (χ1v) is 17.5. The Kier molecular flexibility index (Phi) is 9.00. The van der Waals surface area contributed by atoms with Crippen LogP contribution in [-0.2, 0) is 22.7 Å². The highest BCUT2D eigenvalue weighted by Gasteiger charge is 2.60. The van der Waals surface area contributed by atoms with Gasteiger partial charge in [0, 0.05) is 68.0 Å². The lowest BCUT2D eigenvalue weighted by Gasteiger charge is -2.51. The molecule has 2 aromatic carbocycles. The van der Waals surface area contributed by atoms with E-state index in [-0.39, 0.29) is 84.9 Å². The lowest BCUT2D eigenvalue weighted by molar-refractivity contribution is -0.148. The van der Waals surface area contributed by atoms with Gasteiger partial charge in [-0.2, -0.15) is 5.10 Å². The van der Waals surface area contributed by atoms with Gasteiger partial charge in [-0.3, -0.25) is 14.3 Å². The number of alkyl halides is 2. The smallest absolute Gasteiger partial charge is 0.336 e. The largest absolute Gasteiger partial charge is 0.478 e. The molecule has 3 heterocycles. The van der Waals surface area contributed by atoms with Crippen molar-refractivity contribution in [3.63, 3.8) is 0 Å². The number of carboxylic acid groups (broad SMARTS) is 1. The maximum atomic E-state index is 15.2. The Hall–Kier alpha value is -4.26. The van der Waals surface area contributed by atoms with Crippen LogP contribution >= 0.6 is 0 Å². The molecule has 2 atom stereocenters. The second-order valence-corrected chi connectivity index (χ2v) is 15.7. The normalized spacial score (nSPS) is 23.3. The molecule has 2 aliphatic heterocycles. The number of aromatic carboxylic acids is 1. The molecular formula is C38H42F4N4O5. The summed E-state index contributed by atoms with van der Waals surface area (Å²) >= 11 is 0. The molecule has 2 aliphatic carbocycles. The van der Waals surface area contributed by atoms with Gasteiger partial charge in [0.2, 0.25) is 11.8 Å². The van der Waals surface area contributed by atoms with Crippen molar-refractivity contribution in [2.75, 3.05) is 32.8 Å². The lowest BCUT2D eigenvalue weighted by Crippen LogP contribution is -2.63. The number of nitrogens with zero attached hydrogens (tertiary/aromatic N) is 4. The van der Waals surface area contributed by atoms with Gasteiger partial charge in [-0.05, 0) is 59.9 Å². The highest BCUT2D eigenvalue weighted by molar-refractivity contribution is 5.94. The summed E-state index contributed by atoms with van der Waals surface area (Å²) in [5, 5.41) is 14.5. The topological polar surface area (TPSA) is 105 Å². The quantitative estimate of drug-likeness (QED) is 0.246. The molecule has 13 heteroatoms. The zero-order valence-corrected chi connectivity index (χ0v) is 28.7. The summed E-state index contributed by atoms with van der Waals surface area (Å²) in [6.07, 6.45) is 3.46. The van der Waals surface area contributed by atoms with Crippen molar-refractivity contribution in [1.29, 1.82) is 0 Å². The second kappa shape index (κ2) is 13.1. The fraction of sp³-hybridized carbons (Fsp3) is 0.526. The Morgan fingerprint density at radius 1 is 0.980 bits per heavy atom. The fourth-order valence-corrected chi connectivity index (χ4v) is 8.30. The molecule has 9 nitrogen and oxygen atoms in total. The van der Waals surface area contributed by atoms with Crippen LogP contribution in [0.25, 0.3) is 0 Å². The van der Waals surface area contributed by atoms with Crippen LogP contribution in [0.1, 0.15) is 89.3 Å². The van der Waals surface area contributed by atoms with E-state index in [1.54, 1.807) is 27.9 Å². The molecule has 1 aromatic heterocycles. The summed E-state index contributed by atoms with van der Waals surface area (Å²) in [5.41, 5.74) is 0.669. The zero-order valence-electron chi connectivity index (χ0n) is 28.7. The molecule has 1 N–H and O–H groups in total. The van der Waals surface area contributed by atoms with E-state index in [1.165, 1.54) is 30.5 Å². The molecule has 1 unspecified atom stereocenters. The zero-order chi connectivity index (χ0) is 36.3. The van der Waals surface area contributed by atoms with Crippen molar-refractivity contribution in [2.24, 2.45) is 22.7 Å². The van der Waals surface area contributed by atoms with Gasteiger partial charge in [-0.15, -0.1) is 0 Å². The number of aromatic nitrogens is 2. The molecule has 1 spiro atoms. The number of carbonyl (C=O) groups excluding carboxylic acids is 2. The van der Waals surface area contributed by atoms with Gasteiger partial charge >= 0.3 is 5.97 Å². The third-order valence-corrected chi connectivity index (χ3v) is 11.6. The van der Waals surface area contributed by atoms with E-state index in [0.29, 0.717) is 43.9 Å². The van der Waals surface area contributed by atoms with Crippen LogP contribution in [0.15, 0.2) is 48.8 Å². The fourth-order valence-electron chi connectivity index (χ4n) is 8.30. The summed E-state index contributed by atoms with van der Waals surface area (Å²) in [4.78, 5) is 43.0. The van der Waals surface area contributed by atoms with E-state index in [0.717, 1.165) is 12.0 Å². The SMILES string of the molecule is CC1(C)C[C@@H]1C(=O)N1CC2(CN(C(=O)c3cnn(Cc4ccc(F)cc4)c3)CC2COCc2c(F)ccc(C3CCC(F)(F)CC3)c2C(=O)O)C1. The average Bonchev–Trinajstić information content (AvgIpc) is 3.36. The Labute approximate surface area is 293 Å². The molecule has 51 heavy (non-hydrogen) atoms. The van der Waals surface area contributed by atoms with E-state index in [4.69, 9.17) is 4.74 Å². The highest BCUT2D eigenvalue weighted by atomic mass is 19.3. The number of halogens is 4. The van der Waals surface area contributed by atoms with Crippen molar-refractivity contribution in [2.45, 2.75) is 70.9 Å². The average molecular weight is 711 g/mol. The molecule has 2 saturated carbocycles. The predicted molar refractivity (Wildman–Crippen MR) is 177 cm³/mol. The number of carboxylic acids is 1. The summed E-state index contributed by atoms with van der Waals surface area (Å²) < 4.78 is 64.0. The molecule has 272 valence electrons. The lowest BCUT2D eigenvalue weighted by atomic mass is 9.71. The van der Waals surface area contributed by atoms with Crippen molar-refractivity contribution in [3.05, 3.63) is 88.2 Å². The van der Waals surface area contributed by atoms with Gasteiger partial charge in [0.15, 0.2) is 0 Å². The van der Waals surface area contributed by atoms with Crippen molar-refractivity contribution >= 4 is 17.8 Å². The van der Waals surface area contributed by atoms with E-state index in [9.17, 15) is 32.7 Å². The highest BCUT2D eigenvalue weighted by Crippen LogP contribution is 2.55. The number of benzene rings is 2. The molecule has 4 aliphatic rings. The van der Waals surface area contributed by atoms with Crippen molar-refractivity contribution in [3.8, 4) is 0 Å². The summed E-state index contributed by atoms with van der Waals surface area (Å²) in [6, 6.07) is 8.59. The first kappa shape index (κ1) is 35.2. The van der Waals surface area contributed by atoms with E-state index in [1.807, 2.05) is 4.90 Å². The van der Waals surface area contributed by atoms with E-state index < -0.39 is 29.0 Å². The minimum absolute atomic E-state index is 0.0317. The number of hydrogen-bond acceptors (Lipinski definition) is 5. The van der Waals surface area contributed by atoms with Gasteiger partial charge in [-0.1, -0.05) is 32.0 Å². The standard InChI is InChI=1S/C38H42F4N4O5/c1-36(2)13-30(36)34(48)45-21-37(22-45)20-44(33(47)25-14-43-46(16-25)15-23-3-5-27(39)6-4-23)17-26(37)18-51-19-29-31(40)8-7-28(32(29)35(49)50)24-9-11-38(41,42)12-10-24/h3-8,14,16,24,26,30H,9-13,15,17-22H2,1-2H3,(H,49,50)/t26?,30-/m1/s1. The Balaban J connectivity index is 1.06. The van der Waals surface area contributed by atoms with Gasteiger partial charge in [0.05, 0.1) is 37.1 Å². The third kappa shape index (κ3) is 7.01.